The predicted molar refractivity (Wildman–Crippen MR) is 73.9 cm³/mol. The molecule has 0 heterocycles. The molecule has 1 rings (SSSR count). The minimum Gasteiger partial charge on any atom is -0.370 e. The highest BCUT2D eigenvalue weighted by atomic mass is 19.1. The Hall–Kier alpha value is -2.09. The molecule has 0 amide bonds. The molecule has 0 aliphatic carbocycles. The number of halogens is 1. The van der Waals surface area contributed by atoms with E-state index in [1.807, 2.05) is 6.07 Å². The summed E-state index contributed by atoms with van der Waals surface area (Å²) in [7, 11) is 0. The molecule has 0 saturated heterocycles. The maximum Gasteiger partial charge on any atom is 0.188 e. The standard InChI is InChI=1S/C14H19FN4/c1-10(2)5-6-18-14(17)19-9-12-7-11(8-16)3-4-13(12)15/h3-4,7,10H,5-6,9H2,1-2H3,(H3,17,18,19). The zero-order chi connectivity index (χ0) is 14.3. The third kappa shape index (κ3) is 5.38. The van der Waals surface area contributed by atoms with Crippen LogP contribution in [0.25, 0.3) is 0 Å². The lowest BCUT2D eigenvalue weighted by Gasteiger charge is -2.07. The molecule has 19 heavy (non-hydrogen) atoms. The van der Waals surface area contributed by atoms with Crippen LogP contribution in [-0.2, 0) is 6.54 Å². The number of nitriles is 1. The van der Waals surface area contributed by atoms with E-state index >= 15 is 0 Å². The second kappa shape index (κ2) is 7.37. The first-order valence-corrected chi connectivity index (χ1v) is 6.25. The van der Waals surface area contributed by atoms with E-state index in [4.69, 9.17) is 11.0 Å². The van der Waals surface area contributed by atoms with Gasteiger partial charge in [-0.15, -0.1) is 0 Å². The summed E-state index contributed by atoms with van der Waals surface area (Å²) in [6, 6.07) is 6.16. The minimum absolute atomic E-state index is 0.127. The van der Waals surface area contributed by atoms with Crippen LogP contribution in [0, 0.1) is 23.1 Å². The lowest BCUT2D eigenvalue weighted by molar-refractivity contribution is 0.576. The number of rotatable bonds is 5. The van der Waals surface area contributed by atoms with Crippen molar-refractivity contribution in [3.8, 4) is 6.07 Å². The fraction of sp³-hybridized carbons (Fsp3) is 0.429. The Morgan fingerprint density at radius 1 is 1.53 bits per heavy atom. The molecule has 0 aliphatic heterocycles. The molecular weight excluding hydrogens is 243 g/mol. The van der Waals surface area contributed by atoms with E-state index in [1.165, 1.54) is 18.2 Å². The molecule has 1 aromatic carbocycles. The van der Waals surface area contributed by atoms with Gasteiger partial charge in [0.05, 0.1) is 18.2 Å². The van der Waals surface area contributed by atoms with Crippen LogP contribution in [0.5, 0.6) is 0 Å². The number of nitrogens with zero attached hydrogens (tertiary/aromatic N) is 2. The summed E-state index contributed by atoms with van der Waals surface area (Å²) in [6.45, 7) is 5.12. The molecule has 3 N–H and O–H groups in total. The van der Waals surface area contributed by atoms with Gasteiger partial charge in [0.15, 0.2) is 5.96 Å². The van der Waals surface area contributed by atoms with E-state index < -0.39 is 0 Å². The molecule has 0 atom stereocenters. The van der Waals surface area contributed by atoms with Gasteiger partial charge in [-0.05, 0) is 30.5 Å². The van der Waals surface area contributed by atoms with Crippen LogP contribution in [0.3, 0.4) is 0 Å². The molecule has 0 fully saturated rings. The Morgan fingerprint density at radius 3 is 2.89 bits per heavy atom. The second-order valence-corrected chi connectivity index (χ2v) is 4.73. The number of aliphatic imine (C=N–C) groups is 1. The molecule has 1 aromatic rings. The summed E-state index contributed by atoms with van der Waals surface area (Å²) in [6.07, 6.45) is 0.995. The van der Waals surface area contributed by atoms with Crippen LogP contribution in [0.4, 0.5) is 4.39 Å². The highest BCUT2D eigenvalue weighted by molar-refractivity contribution is 5.77. The van der Waals surface area contributed by atoms with Gasteiger partial charge in [-0.1, -0.05) is 13.8 Å². The summed E-state index contributed by atoms with van der Waals surface area (Å²) in [5.74, 6) is 0.505. The van der Waals surface area contributed by atoms with Crippen molar-refractivity contribution >= 4 is 5.96 Å². The van der Waals surface area contributed by atoms with Gasteiger partial charge in [-0.3, -0.25) is 0 Å². The van der Waals surface area contributed by atoms with Gasteiger partial charge in [-0.25, -0.2) is 9.38 Å². The summed E-state index contributed by atoms with van der Waals surface area (Å²) in [5.41, 5.74) is 6.46. The van der Waals surface area contributed by atoms with Crippen LogP contribution in [-0.4, -0.2) is 12.5 Å². The average molecular weight is 262 g/mol. The first kappa shape index (κ1) is 15.0. The molecule has 0 unspecified atom stereocenters. The summed E-state index contributed by atoms with van der Waals surface area (Å²) >= 11 is 0. The van der Waals surface area contributed by atoms with Crippen LogP contribution in [0.1, 0.15) is 31.4 Å². The van der Waals surface area contributed by atoms with Crippen molar-refractivity contribution in [2.24, 2.45) is 16.6 Å². The van der Waals surface area contributed by atoms with Gasteiger partial charge in [0.1, 0.15) is 5.82 Å². The smallest absolute Gasteiger partial charge is 0.188 e. The molecule has 5 heteroatoms. The van der Waals surface area contributed by atoms with E-state index in [-0.39, 0.29) is 12.4 Å². The van der Waals surface area contributed by atoms with Crippen LogP contribution in [0.15, 0.2) is 23.2 Å². The number of hydrogen-bond donors (Lipinski definition) is 2. The van der Waals surface area contributed by atoms with Crippen molar-refractivity contribution in [2.75, 3.05) is 6.54 Å². The van der Waals surface area contributed by atoms with E-state index in [2.05, 4.69) is 24.2 Å². The molecular formula is C14H19FN4. The molecule has 102 valence electrons. The molecule has 0 saturated carbocycles. The Kier molecular flexibility index (Phi) is 5.80. The maximum absolute atomic E-state index is 13.5. The van der Waals surface area contributed by atoms with Gasteiger partial charge < -0.3 is 11.1 Å². The molecule has 4 nitrogen and oxygen atoms in total. The molecule has 0 bridgehead atoms. The SMILES string of the molecule is CC(C)CCNC(N)=NCc1cc(C#N)ccc1F. The quantitative estimate of drug-likeness (QED) is 0.630. The fourth-order valence-corrected chi connectivity index (χ4v) is 1.48. The topological polar surface area (TPSA) is 74.2 Å². The van der Waals surface area contributed by atoms with E-state index in [9.17, 15) is 4.39 Å². The number of hydrogen-bond acceptors (Lipinski definition) is 2. The zero-order valence-corrected chi connectivity index (χ0v) is 11.3. The largest absolute Gasteiger partial charge is 0.370 e. The Balaban J connectivity index is 2.57. The maximum atomic E-state index is 13.5. The van der Waals surface area contributed by atoms with E-state index in [1.54, 1.807) is 0 Å². The summed E-state index contributed by atoms with van der Waals surface area (Å²) < 4.78 is 13.5. The van der Waals surface area contributed by atoms with Crippen molar-refractivity contribution in [1.82, 2.24) is 5.32 Å². The first-order valence-electron chi connectivity index (χ1n) is 6.25. The molecule has 0 radical (unpaired) electrons. The zero-order valence-electron chi connectivity index (χ0n) is 11.3. The minimum atomic E-state index is -0.377. The summed E-state index contributed by atoms with van der Waals surface area (Å²) in [5, 5.41) is 11.7. The van der Waals surface area contributed by atoms with Crippen molar-refractivity contribution in [3.63, 3.8) is 0 Å². The van der Waals surface area contributed by atoms with Crippen molar-refractivity contribution in [3.05, 3.63) is 35.1 Å². The average Bonchev–Trinajstić information content (AvgIpc) is 2.37. The highest BCUT2D eigenvalue weighted by Gasteiger charge is 2.03. The molecule has 0 aromatic heterocycles. The Morgan fingerprint density at radius 2 is 2.26 bits per heavy atom. The second-order valence-electron chi connectivity index (χ2n) is 4.73. The van der Waals surface area contributed by atoms with Crippen molar-refractivity contribution in [2.45, 2.75) is 26.8 Å². The van der Waals surface area contributed by atoms with Crippen LogP contribution in [0.2, 0.25) is 0 Å². The molecule has 0 aliphatic rings. The van der Waals surface area contributed by atoms with Crippen LogP contribution >= 0.6 is 0 Å². The number of guanidine groups is 1. The van der Waals surface area contributed by atoms with Gasteiger partial charge >= 0.3 is 0 Å². The van der Waals surface area contributed by atoms with Gasteiger partial charge in [0.25, 0.3) is 0 Å². The van der Waals surface area contributed by atoms with Crippen molar-refractivity contribution in [1.29, 1.82) is 5.26 Å². The van der Waals surface area contributed by atoms with Gasteiger partial charge in [0, 0.05) is 12.1 Å². The van der Waals surface area contributed by atoms with Gasteiger partial charge in [-0.2, -0.15) is 5.26 Å². The predicted octanol–water partition coefficient (Wildman–Crippen LogP) is 2.15. The summed E-state index contributed by atoms with van der Waals surface area (Å²) in [4.78, 5) is 4.06. The third-order valence-electron chi connectivity index (χ3n) is 2.62. The van der Waals surface area contributed by atoms with E-state index in [0.29, 0.717) is 23.0 Å². The third-order valence-corrected chi connectivity index (χ3v) is 2.62. The number of nitrogens with two attached hydrogens (primary N) is 1. The normalized spacial score (nSPS) is 11.4. The first-order chi connectivity index (χ1) is 9.02. The van der Waals surface area contributed by atoms with Crippen LogP contribution < -0.4 is 11.1 Å². The Labute approximate surface area is 113 Å². The lowest BCUT2D eigenvalue weighted by Crippen LogP contribution is -2.32. The monoisotopic (exact) mass is 262 g/mol. The Bertz CT molecular complexity index is 489. The van der Waals surface area contributed by atoms with Crippen molar-refractivity contribution < 1.29 is 4.39 Å². The molecule has 0 spiro atoms. The number of benzene rings is 1. The number of nitrogens with one attached hydrogen (secondary N) is 1. The lowest BCUT2D eigenvalue weighted by atomic mass is 10.1. The highest BCUT2D eigenvalue weighted by Crippen LogP contribution is 2.11. The van der Waals surface area contributed by atoms with E-state index in [0.717, 1.165) is 13.0 Å². The van der Waals surface area contributed by atoms with Gasteiger partial charge in [0.2, 0.25) is 0 Å². The fourth-order valence-electron chi connectivity index (χ4n) is 1.48.